The molecule has 0 amide bonds. The van der Waals surface area contributed by atoms with Crippen molar-refractivity contribution in [1.82, 2.24) is 0 Å². The number of fused-ring (bicyclic) bond motifs is 2. The Hall–Kier alpha value is -3.23. The van der Waals surface area contributed by atoms with Crippen LogP contribution in [0.15, 0.2) is 66.7 Å². The third kappa shape index (κ3) is 8.45. The molecule has 6 atom stereocenters. The first-order valence-electron chi connectivity index (χ1n) is 21.0. The number of hydrogen-bond donors (Lipinski definition) is 2. The van der Waals surface area contributed by atoms with Gasteiger partial charge < -0.3 is 14.3 Å². The summed E-state index contributed by atoms with van der Waals surface area (Å²) in [7, 11) is -2.64. The predicted molar refractivity (Wildman–Crippen MR) is 237 cm³/mol. The Bertz CT molecular complexity index is 2060. The van der Waals surface area contributed by atoms with Crippen LogP contribution >= 0.6 is 8.60 Å². The predicted octanol–water partition coefficient (Wildman–Crippen LogP) is 16.0. The lowest BCUT2D eigenvalue weighted by Gasteiger charge is -2.26. The summed E-state index contributed by atoms with van der Waals surface area (Å²) in [5.74, 6) is 2.88. The minimum atomic E-state index is -2.64. The summed E-state index contributed by atoms with van der Waals surface area (Å²) in [5, 5.41) is 5.17. The summed E-state index contributed by atoms with van der Waals surface area (Å²) in [4.78, 5) is 20.9. The van der Waals surface area contributed by atoms with Crippen molar-refractivity contribution >= 4 is 30.1 Å². The number of rotatable bonds is 16. The molecule has 0 bridgehead atoms. The van der Waals surface area contributed by atoms with Crippen molar-refractivity contribution in [2.45, 2.75) is 157 Å². The third-order valence-corrected chi connectivity index (χ3v) is 13.4. The third-order valence-electron chi connectivity index (χ3n) is 13.1. The van der Waals surface area contributed by atoms with E-state index in [0.717, 1.165) is 55.2 Å². The molecule has 0 heterocycles. The van der Waals surface area contributed by atoms with Crippen LogP contribution in [0.5, 0.6) is 5.75 Å². The van der Waals surface area contributed by atoms with Crippen LogP contribution < -0.4 is 4.52 Å². The van der Waals surface area contributed by atoms with E-state index in [0.29, 0.717) is 35.3 Å². The highest BCUT2D eigenvalue weighted by Gasteiger charge is 2.26. The standard InChI is InChI=1S/C50H67O3P/c1-13-30(7)36-22-38-26-43(34(11)17-5)47(28-45(38)41(24-36)32(9)15-3)40-20-19-21-49(53-54(51)52)50(40)48-29-46-39(27-44(48)35(12)18-6)23-37(31(8)14-2)25-42(46)33(10)16-4/h19-35,51-52H,13-18H2,1-12H3. The smallest absolute Gasteiger partial charge is 0.391 e. The normalized spacial score (nSPS) is 15.4. The molecular weight excluding hydrogens is 680 g/mol. The van der Waals surface area contributed by atoms with E-state index in [1.54, 1.807) is 0 Å². The Morgan fingerprint density at radius 3 is 1.30 bits per heavy atom. The Balaban J connectivity index is 1.97. The van der Waals surface area contributed by atoms with Gasteiger partial charge in [-0.3, -0.25) is 0 Å². The first-order valence-corrected chi connectivity index (χ1v) is 22.2. The van der Waals surface area contributed by atoms with Crippen molar-refractivity contribution in [2.75, 3.05) is 0 Å². The van der Waals surface area contributed by atoms with E-state index in [2.05, 4.69) is 138 Å². The topological polar surface area (TPSA) is 49.7 Å². The second-order valence-corrected chi connectivity index (χ2v) is 17.1. The fourth-order valence-electron chi connectivity index (χ4n) is 8.16. The maximum atomic E-state index is 10.4. The van der Waals surface area contributed by atoms with Crippen LogP contribution in [0.3, 0.4) is 0 Å². The van der Waals surface area contributed by atoms with E-state index in [-0.39, 0.29) is 5.92 Å². The summed E-state index contributed by atoms with van der Waals surface area (Å²) in [5.41, 5.74) is 12.5. The Morgan fingerprint density at radius 2 is 0.870 bits per heavy atom. The molecule has 0 aliphatic rings. The van der Waals surface area contributed by atoms with E-state index in [4.69, 9.17) is 4.52 Å². The Morgan fingerprint density at radius 1 is 0.463 bits per heavy atom. The quantitative estimate of drug-likeness (QED) is 0.0989. The minimum absolute atomic E-state index is 0.274. The lowest BCUT2D eigenvalue weighted by molar-refractivity contribution is 0.375. The summed E-state index contributed by atoms with van der Waals surface area (Å²) in [6.45, 7) is 27.7. The molecule has 0 spiro atoms. The maximum Gasteiger partial charge on any atom is 0.391 e. The molecule has 0 saturated carbocycles. The SMILES string of the molecule is CCC(C)c1cc(C(C)CC)c2cc(-c3cccc(OP(O)O)c3-c3cc4c(C(C)CC)cc(C(C)CC)cc4cc3C(C)CC)c(C(C)CC)cc2c1. The second kappa shape index (κ2) is 18.1. The van der Waals surface area contributed by atoms with Crippen molar-refractivity contribution < 1.29 is 14.3 Å². The van der Waals surface area contributed by atoms with Crippen LogP contribution in [-0.4, -0.2) is 9.79 Å². The summed E-state index contributed by atoms with van der Waals surface area (Å²) in [6, 6.07) is 25.7. The fraction of sp³-hybridized carbons (Fsp3) is 0.480. The molecule has 6 unspecified atom stereocenters. The zero-order chi connectivity index (χ0) is 39.4. The molecule has 2 N–H and O–H groups in total. The van der Waals surface area contributed by atoms with E-state index in [1.165, 1.54) is 60.5 Å². The molecule has 0 saturated heterocycles. The lowest BCUT2D eigenvalue weighted by Crippen LogP contribution is -2.04. The summed E-state index contributed by atoms with van der Waals surface area (Å²) in [6.07, 6.45) is 6.33. The maximum absolute atomic E-state index is 10.4. The van der Waals surface area contributed by atoms with E-state index in [1.807, 2.05) is 12.1 Å². The van der Waals surface area contributed by atoms with Gasteiger partial charge in [0.15, 0.2) is 0 Å². The van der Waals surface area contributed by atoms with Gasteiger partial charge in [0.1, 0.15) is 5.75 Å². The van der Waals surface area contributed by atoms with Gasteiger partial charge in [-0.1, -0.05) is 132 Å². The average Bonchev–Trinajstić information content (AvgIpc) is 3.19. The summed E-state index contributed by atoms with van der Waals surface area (Å²) >= 11 is 0. The van der Waals surface area contributed by atoms with Gasteiger partial charge in [-0.05, 0) is 164 Å². The molecule has 4 heteroatoms. The largest absolute Gasteiger partial charge is 0.426 e. The van der Waals surface area contributed by atoms with Crippen molar-refractivity contribution in [3.8, 4) is 28.0 Å². The first-order chi connectivity index (χ1) is 25.8. The van der Waals surface area contributed by atoms with Crippen LogP contribution in [-0.2, 0) is 0 Å². The first kappa shape index (κ1) is 41.9. The second-order valence-electron chi connectivity index (χ2n) is 16.4. The molecule has 5 aromatic rings. The van der Waals surface area contributed by atoms with Gasteiger partial charge in [0.2, 0.25) is 0 Å². The van der Waals surface area contributed by atoms with Crippen LogP contribution in [0, 0.1) is 0 Å². The number of hydrogen-bond acceptors (Lipinski definition) is 3. The molecule has 0 aliphatic carbocycles. The van der Waals surface area contributed by atoms with Gasteiger partial charge in [-0.15, -0.1) is 0 Å². The van der Waals surface area contributed by atoms with Gasteiger partial charge in [-0.25, -0.2) is 0 Å². The zero-order valence-electron chi connectivity index (χ0n) is 35.3. The molecule has 5 rings (SSSR count). The van der Waals surface area contributed by atoms with Crippen LogP contribution in [0.2, 0.25) is 0 Å². The van der Waals surface area contributed by atoms with Gasteiger partial charge >= 0.3 is 8.60 Å². The van der Waals surface area contributed by atoms with Crippen molar-refractivity contribution in [1.29, 1.82) is 0 Å². The van der Waals surface area contributed by atoms with Gasteiger partial charge in [-0.2, -0.15) is 0 Å². The van der Waals surface area contributed by atoms with Crippen LogP contribution in [0.4, 0.5) is 0 Å². The highest BCUT2D eigenvalue weighted by Crippen LogP contribution is 2.50. The van der Waals surface area contributed by atoms with E-state index >= 15 is 0 Å². The van der Waals surface area contributed by atoms with Crippen molar-refractivity contribution in [2.24, 2.45) is 0 Å². The van der Waals surface area contributed by atoms with Crippen LogP contribution in [0.1, 0.15) is 190 Å². The minimum Gasteiger partial charge on any atom is -0.426 e. The van der Waals surface area contributed by atoms with Crippen molar-refractivity contribution in [3.05, 3.63) is 100 Å². The molecular formula is C50H67O3P. The lowest BCUT2D eigenvalue weighted by atomic mass is 9.79. The van der Waals surface area contributed by atoms with Gasteiger partial charge in [0.25, 0.3) is 0 Å². The Labute approximate surface area is 328 Å². The van der Waals surface area contributed by atoms with E-state index < -0.39 is 8.60 Å². The molecule has 290 valence electrons. The van der Waals surface area contributed by atoms with Gasteiger partial charge in [0.05, 0.1) is 0 Å². The summed E-state index contributed by atoms with van der Waals surface area (Å²) < 4.78 is 6.03. The molecule has 0 aromatic heterocycles. The van der Waals surface area contributed by atoms with Crippen molar-refractivity contribution in [3.63, 3.8) is 0 Å². The fourth-order valence-corrected chi connectivity index (χ4v) is 8.49. The average molecular weight is 747 g/mol. The number of benzene rings is 5. The molecule has 0 radical (unpaired) electrons. The zero-order valence-corrected chi connectivity index (χ0v) is 36.2. The molecule has 0 aliphatic heterocycles. The molecule has 5 aromatic carbocycles. The molecule has 3 nitrogen and oxygen atoms in total. The molecule has 54 heavy (non-hydrogen) atoms. The monoisotopic (exact) mass is 746 g/mol. The Kier molecular flexibility index (Phi) is 14.1. The van der Waals surface area contributed by atoms with Gasteiger partial charge in [0, 0.05) is 5.56 Å². The van der Waals surface area contributed by atoms with E-state index in [9.17, 15) is 9.79 Å². The molecule has 0 fully saturated rings. The highest BCUT2D eigenvalue weighted by atomic mass is 31.2. The van der Waals surface area contributed by atoms with Crippen LogP contribution in [0.25, 0.3) is 43.8 Å². The highest BCUT2D eigenvalue weighted by molar-refractivity contribution is 7.39.